The van der Waals surface area contributed by atoms with Crippen molar-refractivity contribution in [2.45, 2.75) is 13.7 Å². The van der Waals surface area contributed by atoms with Gasteiger partial charge in [-0.25, -0.2) is 0 Å². The van der Waals surface area contributed by atoms with Crippen LogP contribution in [-0.4, -0.2) is 11.3 Å². The molecule has 0 saturated heterocycles. The van der Waals surface area contributed by atoms with Crippen molar-refractivity contribution in [2.24, 2.45) is 0 Å². The monoisotopic (exact) mass is 264 g/mol. The normalized spacial score (nSPS) is 14.6. The third-order valence-corrected chi connectivity index (χ3v) is 2.58. The first-order chi connectivity index (χ1) is 8.61. The van der Waals surface area contributed by atoms with E-state index in [1.807, 2.05) is 6.07 Å². The van der Waals surface area contributed by atoms with Crippen molar-refractivity contribution in [3.05, 3.63) is 36.2 Å². The lowest BCUT2D eigenvalue weighted by atomic mass is 10.0. The molecule has 2 heterocycles. The summed E-state index contributed by atoms with van der Waals surface area (Å²) in [7, 11) is 0. The Hall–Kier alpha value is -2.55. The number of ether oxygens (including phenoxy) is 2. The van der Waals surface area contributed by atoms with E-state index in [4.69, 9.17) is 5.26 Å². The van der Waals surface area contributed by atoms with Gasteiger partial charge in [0.05, 0.1) is 5.56 Å². The Kier molecular flexibility index (Phi) is 2.91. The third kappa shape index (κ3) is 1.99. The number of nitrogens with zero attached hydrogens (tertiary/aromatic N) is 1. The highest BCUT2D eigenvalue weighted by Crippen LogP contribution is 2.47. The lowest BCUT2D eigenvalue weighted by Crippen LogP contribution is -2.26. The van der Waals surface area contributed by atoms with E-state index < -0.39 is 6.29 Å². The molecule has 0 radical (unpaired) electrons. The fourth-order valence-corrected chi connectivity index (χ4v) is 1.86. The van der Waals surface area contributed by atoms with Crippen LogP contribution in [-0.2, 0) is 0 Å². The number of alkyl halides is 2. The standard InChI is InChI=1S/C12H6F2N2O2.CH4/c13-12(14)17-10-3-1-2-8(11(10)18-12)9-6-16-5-7(9)4-15;/h1-3,5-6,16H;1H4. The molecule has 2 aromatic rings. The van der Waals surface area contributed by atoms with E-state index in [1.54, 1.807) is 18.3 Å². The second-order valence-electron chi connectivity index (χ2n) is 3.69. The molecular formula is C13H10F2N2O2. The van der Waals surface area contributed by atoms with E-state index in [9.17, 15) is 8.78 Å². The Bertz CT molecular complexity index is 659. The molecule has 0 amide bonds. The van der Waals surface area contributed by atoms with Gasteiger partial charge in [-0.15, -0.1) is 8.78 Å². The zero-order chi connectivity index (χ0) is 12.8. The predicted molar refractivity (Wildman–Crippen MR) is 63.9 cm³/mol. The van der Waals surface area contributed by atoms with Crippen molar-refractivity contribution in [3.63, 3.8) is 0 Å². The number of H-pyrrole nitrogens is 1. The number of hydrogen-bond acceptors (Lipinski definition) is 3. The molecule has 19 heavy (non-hydrogen) atoms. The molecule has 0 aliphatic carbocycles. The van der Waals surface area contributed by atoms with Gasteiger partial charge >= 0.3 is 6.29 Å². The molecule has 1 aliphatic rings. The minimum Gasteiger partial charge on any atom is -0.395 e. The number of hydrogen-bond donors (Lipinski definition) is 1. The number of rotatable bonds is 1. The number of aromatic amines is 1. The number of benzene rings is 1. The van der Waals surface area contributed by atoms with Crippen LogP contribution in [0.15, 0.2) is 30.6 Å². The van der Waals surface area contributed by atoms with Crippen molar-refractivity contribution in [1.29, 1.82) is 5.26 Å². The summed E-state index contributed by atoms with van der Waals surface area (Å²) in [4.78, 5) is 2.75. The predicted octanol–water partition coefficient (Wildman–Crippen LogP) is 3.51. The van der Waals surface area contributed by atoms with Crippen molar-refractivity contribution in [1.82, 2.24) is 4.98 Å². The summed E-state index contributed by atoms with van der Waals surface area (Å²) < 4.78 is 34.9. The molecule has 1 N–H and O–H groups in total. The molecule has 0 fully saturated rings. The Morgan fingerprint density at radius 3 is 2.68 bits per heavy atom. The van der Waals surface area contributed by atoms with E-state index in [1.165, 1.54) is 12.3 Å². The summed E-state index contributed by atoms with van der Waals surface area (Å²) in [6.45, 7) is 0. The Balaban J connectivity index is 0.00000133. The van der Waals surface area contributed by atoms with Gasteiger partial charge in [0.1, 0.15) is 6.07 Å². The van der Waals surface area contributed by atoms with Crippen LogP contribution in [0.25, 0.3) is 11.1 Å². The average Bonchev–Trinajstić information content (AvgIpc) is 2.89. The van der Waals surface area contributed by atoms with E-state index in [0.29, 0.717) is 16.7 Å². The zero-order valence-corrected chi connectivity index (χ0v) is 8.91. The highest BCUT2D eigenvalue weighted by atomic mass is 19.3. The quantitative estimate of drug-likeness (QED) is 0.857. The van der Waals surface area contributed by atoms with Crippen LogP contribution in [0, 0.1) is 11.3 Å². The highest BCUT2D eigenvalue weighted by molar-refractivity contribution is 5.78. The largest absolute Gasteiger partial charge is 0.586 e. The molecule has 98 valence electrons. The van der Waals surface area contributed by atoms with Crippen LogP contribution in [0.4, 0.5) is 8.78 Å². The average molecular weight is 264 g/mol. The number of aromatic nitrogens is 1. The molecule has 0 atom stereocenters. The van der Waals surface area contributed by atoms with Crippen LogP contribution in [0.1, 0.15) is 13.0 Å². The van der Waals surface area contributed by atoms with Crippen LogP contribution in [0.3, 0.4) is 0 Å². The number of nitrogens with one attached hydrogen (secondary N) is 1. The van der Waals surface area contributed by atoms with Gasteiger partial charge in [-0.3, -0.25) is 0 Å². The molecule has 3 rings (SSSR count). The number of halogens is 2. The zero-order valence-electron chi connectivity index (χ0n) is 8.91. The van der Waals surface area contributed by atoms with Gasteiger partial charge < -0.3 is 14.5 Å². The third-order valence-electron chi connectivity index (χ3n) is 2.58. The van der Waals surface area contributed by atoms with Gasteiger partial charge in [0.25, 0.3) is 0 Å². The van der Waals surface area contributed by atoms with Crippen molar-refractivity contribution in [2.75, 3.05) is 0 Å². The molecule has 4 nitrogen and oxygen atoms in total. The first-order valence-corrected chi connectivity index (χ1v) is 5.07. The smallest absolute Gasteiger partial charge is 0.395 e. The second-order valence-corrected chi connectivity index (χ2v) is 3.69. The molecule has 6 heteroatoms. The first-order valence-electron chi connectivity index (χ1n) is 5.07. The minimum absolute atomic E-state index is 0. The lowest BCUT2D eigenvalue weighted by Gasteiger charge is -2.06. The summed E-state index contributed by atoms with van der Waals surface area (Å²) in [5.74, 6) is -0.0961. The summed E-state index contributed by atoms with van der Waals surface area (Å²) in [5.41, 5.74) is 1.24. The maximum Gasteiger partial charge on any atom is 0.586 e. The Morgan fingerprint density at radius 1 is 1.16 bits per heavy atom. The van der Waals surface area contributed by atoms with Gasteiger partial charge in [-0.05, 0) is 6.07 Å². The molecule has 0 spiro atoms. The maximum atomic E-state index is 13.0. The molecule has 0 unspecified atom stereocenters. The van der Waals surface area contributed by atoms with Gasteiger partial charge in [0, 0.05) is 23.5 Å². The molecule has 1 aromatic heterocycles. The fraction of sp³-hybridized carbons (Fsp3) is 0.154. The van der Waals surface area contributed by atoms with E-state index >= 15 is 0 Å². The summed E-state index contributed by atoms with van der Waals surface area (Å²) in [6.07, 6.45) is -0.627. The fourth-order valence-electron chi connectivity index (χ4n) is 1.86. The first kappa shape index (κ1) is 12.9. The summed E-state index contributed by atoms with van der Waals surface area (Å²) in [5, 5.41) is 8.93. The van der Waals surface area contributed by atoms with Crippen LogP contribution < -0.4 is 9.47 Å². The van der Waals surface area contributed by atoms with Gasteiger partial charge in [0.15, 0.2) is 11.5 Å². The summed E-state index contributed by atoms with van der Waals surface area (Å²) >= 11 is 0. The Labute approximate surface area is 108 Å². The van der Waals surface area contributed by atoms with E-state index in [2.05, 4.69) is 14.5 Å². The number of nitriles is 1. The lowest BCUT2D eigenvalue weighted by molar-refractivity contribution is -0.286. The highest BCUT2D eigenvalue weighted by Gasteiger charge is 2.44. The van der Waals surface area contributed by atoms with Crippen LogP contribution in [0.2, 0.25) is 0 Å². The van der Waals surface area contributed by atoms with E-state index in [0.717, 1.165) is 0 Å². The van der Waals surface area contributed by atoms with Crippen molar-refractivity contribution < 1.29 is 18.3 Å². The van der Waals surface area contributed by atoms with Gasteiger partial charge in [-0.2, -0.15) is 5.26 Å². The van der Waals surface area contributed by atoms with Crippen LogP contribution >= 0.6 is 0 Å². The SMILES string of the molecule is C.N#Cc1c[nH]cc1-c1cccc2c1OC(F)(F)O2. The maximum absolute atomic E-state index is 13.0. The minimum atomic E-state index is -3.67. The second kappa shape index (κ2) is 4.28. The van der Waals surface area contributed by atoms with Crippen LogP contribution in [0.5, 0.6) is 11.5 Å². The van der Waals surface area contributed by atoms with Crippen molar-refractivity contribution >= 4 is 0 Å². The van der Waals surface area contributed by atoms with Gasteiger partial charge in [0.2, 0.25) is 0 Å². The molecule has 0 saturated carbocycles. The van der Waals surface area contributed by atoms with Crippen molar-refractivity contribution in [3.8, 4) is 28.7 Å². The summed E-state index contributed by atoms with van der Waals surface area (Å²) in [6, 6.07) is 6.51. The number of para-hydroxylation sites is 1. The van der Waals surface area contributed by atoms with Gasteiger partial charge in [-0.1, -0.05) is 19.6 Å². The molecule has 1 aliphatic heterocycles. The molecule has 0 bridgehead atoms. The topological polar surface area (TPSA) is 58.0 Å². The Morgan fingerprint density at radius 2 is 1.95 bits per heavy atom. The van der Waals surface area contributed by atoms with E-state index in [-0.39, 0.29) is 18.9 Å². The number of fused-ring (bicyclic) bond motifs is 1. The molecule has 1 aromatic carbocycles. The molecular weight excluding hydrogens is 254 g/mol.